The summed E-state index contributed by atoms with van der Waals surface area (Å²) in [6.45, 7) is 8.02. The normalized spacial score (nSPS) is 23.2. The van der Waals surface area contributed by atoms with Gasteiger partial charge in [-0.25, -0.2) is 4.79 Å². The highest BCUT2D eigenvalue weighted by Crippen LogP contribution is 2.29. The summed E-state index contributed by atoms with van der Waals surface area (Å²) >= 11 is 0. The number of ether oxygens (including phenoxy) is 2. The molecule has 1 amide bonds. The van der Waals surface area contributed by atoms with Crippen molar-refractivity contribution in [2.24, 2.45) is 11.8 Å². The van der Waals surface area contributed by atoms with Crippen LogP contribution in [0.15, 0.2) is 24.3 Å². The first kappa shape index (κ1) is 19.3. The van der Waals surface area contributed by atoms with Crippen molar-refractivity contribution >= 4 is 11.9 Å². The molecule has 5 heteroatoms. The van der Waals surface area contributed by atoms with E-state index in [4.69, 9.17) is 9.47 Å². The summed E-state index contributed by atoms with van der Waals surface area (Å²) in [7, 11) is 0. The molecule has 0 bridgehead atoms. The van der Waals surface area contributed by atoms with Crippen LogP contribution in [0.4, 0.5) is 0 Å². The Kier molecular flexibility index (Phi) is 6.85. The number of benzene rings is 1. The van der Waals surface area contributed by atoms with Gasteiger partial charge in [-0.1, -0.05) is 26.7 Å². The van der Waals surface area contributed by atoms with Crippen molar-refractivity contribution in [3.05, 3.63) is 29.8 Å². The lowest BCUT2D eigenvalue weighted by Gasteiger charge is -2.34. The van der Waals surface area contributed by atoms with E-state index in [2.05, 4.69) is 19.2 Å². The van der Waals surface area contributed by atoms with Gasteiger partial charge in [0.25, 0.3) is 5.91 Å². The summed E-state index contributed by atoms with van der Waals surface area (Å²) in [4.78, 5) is 24.1. The van der Waals surface area contributed by atoms with Crippen LogP contribution in [0.5, 0.6) is 5.75 Å². The van der Waals surface area contributed by atoms with E-state index in [1.54, 1.807) is 24.3 Å². The van der Waals surface area contributed by atoms with Gasteiger partial charge in [0, 0.05) is 6.04 Å². The third-order valence-electron chi connectivity index (χ3n) is 4.85. The van der Waals surface area contributed by atoms with Gasteiger partial charge in [-0.05, 0) is 56.4 Å². The van der Waals surface area contributed by atoms with Crippen LogP contribution >= 0.6 is 0 Å². The number of amides is 1. The Labute approximate surface area is 150 Å². The summed E-state index contributed by atoms with van der Waals surface area (Å²) in [6, 6.07) is 6.90. The zero-order valence-corrected chi connectivity index (χ0v) is 15.6. The molecule has 0 spiro atoms. The molecular weight excluding hydrogens is 318 g/mol. The molecule has 3 atom stereocenters. The first-order valence-electron chi connectivity index (χ1n) is 9.10. The third-order valence-corrected chi connectivity index (χ3v) is 4.85. The summed E-state index contributed by atoms with van der Waals surface area (Å²) in [5.41, 5.74) is 0.406. The Morgan fingerprint density at radius 1 is 1.16 bits per heavy atom. The molecule has 0 aliphatic heterocycles. The lowest BCUT2D eigenvalue weighted by Crippen LogP contribution is -2.45. The first-order valence-corrected chi connectivity index (χ1v) is 9.10. The smallest absolute Gasteiger partial charge is 0.338 e. The number of hydrogen-bond donors (Lipinski definition) is 1. The first-order chi connectivity index (χ1) is 11.9. The molecule has 0 aromatic heterocycles. The van der Waals surface area contributed by atoms with Crippen LogP contribution in [-0.4, -0.2) is 30.6 Å². The number of rotatable bonds is 6. The van der Waals surface area contributed by atoms with Crippen LogP contribution in [0.25, 0.3) is 0 Å². The van der Waals surface area contributed by atoms with E-state index < -0.39 is 5.97 Å². The fraction of sp³-hybridized carbons (Fsp3) is 0.600. The van der Waals surface area contributed by atoms with Gasteiger partial charge in [-0.15, -0.1) is 0 Å². The lowest BCUT2D eigenvalue weighted by atomic mass is 9.78. The minimum Gasteiger partial charge on any atom is -0.491 e. The van der Waals surface area contributed by atoms with E-state index in [1.807, 2.05) is 13.8 Å². The summed E-state index contributed by atoms with van der Waals surface area (Å²) in [5.74, 6) is 1.01. The van der Waals surface area contributed by atoms with Crippen molar-refractivity contribution in [1.82, 2.24) is 5.32 Å². The Morgan fingerprint density at radius 3 is 2.48 bits per heavy atom. The maximum atomic E-state index is 12.1. The Morgan fingerprint density at radius 2 is 1.84 bits per heavy atom. The van der Waals surface area contributed by atoms with Crippen molar-refractivity contribution in [3.8, 4) is 5.75 Å². The van der Waals surface area contributed by atoms with Crippen molar-refractivity contribution < 1.29 is 19.1 Å². The minimum absolute atomic E-state index is 0.0754. The van der Waals surface area contributed by atoms with Gasteiger partial charge < -0.3 is 14.8 Å². The van der Waals surface area contributed by atoms with Crippen molar-refractivity contribution in [2.75, 3.05) is 6.61 Å². The van der Waals surface area contributed by atoms with E-state index in [-0.39, 0.29) is 24.7 Å². The maximum absolute atomic E-state index is 12.1. The van der Waals surface area contributed by atoms with Gasteiger partial charge in [0.1, 0.15) is 5.75 Å². The summed E-state index contributed by atoms with van der Waals surface area (Å²) < 4.78 is 10.7. The predicted octanol–water partition coefficient (Wildman–Crippen LogP) is 3.57. The average Bonchev–Trinajstić information content (AvgIpc) is 2.57. The van der Waals surface area contributed by atoms with E-state index in [9.17, 15) is 9.59 Å². The highest BCUT2D eigenvalue weighted by Gasteiger charge is 2.28. The zero-order valence-electron chi connectivity index (χ0n) is 15.6. The lowest BCUT2D eigenvalue weighted by molar-refractivity contribution is -0.125. The Balaban J connectivity index is 1.80. The van der Waals surface area contributed by atoms with Crippen molar-refractivity contribution in [2.45, 2.75) is 59.1 Å². The average molecular weight is 347 g/mol. The van der Waals surface area contributed by atoms with Crippen LogP contribution in [0.3, 0.4) is 0 Å². The molecule has 0 unspecified atom stereocenters. The van der Waals surface area contributed by atoms with Crippen molar-refractivity contribution in [3.63, 3.8) is 0 Å². The predicted molar refractivity (Wildman–Crippen MR) is 96.6 cm³/mol. The van der Waals surface area contributed by atoms with E-state index in [1.165, 1.54) is 6.42 Å². The molecule has 1 aliphatic rings. The molecule has 0 saturated heterocycles. The van der Waals surface area contributed by atoms with E-state index >= 15 is 0 Å². The third kappa shape index (κ3) is 5.76. The molecule has 1 aromatic carbocycles. The van der Waals surface area contributed by atoms with Gasteiger partial charge in [-0.2, -0.15) is 0 Å². The van der Waals surface area contributed by atoms with Crippen LogP contribution in [0.1, 0.15) is 57.3 Å². The SMILES string of the molecule is CC(C)Oc1ccc(C(=O)OCC(=O)N[C@H]2CCC[C@@H](C)[C@H]2C)cc1. The second kappa shape index (κ2) is 8.88. The van der Waals surface area contributed by atoms with Crippen LogP contribution in [0, 0.1) is 11.8 Å². The number of carbonyl (C=O) groups is 2. The number of nitrogens with one attached hydrogen (secondary N) is 1. The second-order valence-electron chi connectivity index (χ2n) is 7.21. The minimum atomic E-state index is -0.503. The maximum Gasteiger partial charge on any atom is 0.338 e. The highest BCUT2D eigenvalue weighted by atomic mass is 16.5. The molecule has 138 valence electrons. The number of esters is 1. The molecule has 1 aromatic rings. The Hall–Kier alpha value is -2.04. The molecule has 5 nitrogen and oxygen atoms in total. The Bertz CT molecular complexity index is 582. The largest absolute Gasteiger partial charge is 0.491 e. The molecule has 2 rings (SSSR count). The highest BCUT2D eigenvalue weighted by molar-refractivity contribution is 5.91. The molecule has 0 heterocycles. The van der Waals surface area contributed by atoms with Gasteiger partial charge >= 0.3 is 5.97 Å². The van der Waals surface area contributed by atoms with Crippen LogP contribution in [-0.2, 0) is 9.53 Å². The molecule has 1 fully saturated rings. The standard InChI is InChI=1S/C20H29NO4/c1-13(2)25-17-10-8-16(9-11-17)20(23)24-12-19(22)21-18-7-5-6-14(3)15(18)4/h8-11,13-15,18H,5-7,12H2,1-4H3,(H,21,22)/t14-,15-,18+/m1/s1. The molecule has 1 N–H and O–H groups in total. The number of carbonyl (C=O) groups excluding carboxylic acids is 2. The van der Waals surface area contributed by atoms with E-state index in [0.29, 0.717) is 23.1 Å². The molecule has 0 radical (unpaired) electrons. The van der Waals surface area contributed by atoms with Gasteiger partial charge in [0.15, 0.2) is 6.61 Å². The van der Waals surface area contributed by atoms with Crippen LogP contribution < -0.4 is 10.1 Å². The molecule has 1 saturated carbocycles. The fourth-order valence-electron chi connectivity index (χ4n) is 3.19. The van der Waals surface area contributed by atoms with Crippen LogP contribution in [0.2, 0.25) is 0 Å². The fourth-order valence-corrected chi connectivity index (χ4v) is 3.19. The van der Waals surface area contributed by atoms with Crippen molar-refractivity contribution in [1.29, 1.82) is 0 Å². The van der Waals surface area contributed by atoms with Gasteiger partial charge in [0.2, 0.25) is 0 Å². The number of hydrogen-bond acceptors (Lipinski definition) is 4. The molecular formula is C20H29NO4. The zero-order chi connectivity index (χ0) is 18.4. The molecule has 25 heavy (non-hydrogen) atoms. The van der Waals surface area contributed by atoms with E-state index in [0.717, 1.165) is 12.8 Å². The quantitative estimate of drug-likeness (QED) is 0.799. The monoisotopic (exact) mass is 347 g/mol. The van der Waals surface area contributed by atoms with Gasteiger partial charge in [-0.3, -0.25) is 4.79 Å². The molecule has 1 aliphatic carbocycles. The summed E-state index contributed by atoms with van der Waals surface area (Å²) in [5, 5.41) is 3.00. The van der Waals surface area contributed by atoms with Gasteiger partial charge in [0.05, 0.1) is 11.7 Å². The summed E-state index contributed by atoms with van der Waals surface area (Å²) in [6.07, 6.45) is 3.40. The second-order valence-corrected chi connectivity index (χ2v) is 7.21. The topological polar surface area (TPSA) is 64.6 Å².